The number of nitrogens with zero attached hydrogens (tertiary/aromatic N) is 5. The molecule has 3 aromatic rings. The zero-order chi connectivity index (χ0) is 23.1. The molecule has 2 aromatic heterocycles. The number of benzene rings is 1. The van der Waals surface area contributed by atoms with Gasteiger partial charge in [-0.1, -0.05) is 11.3 Å². The number of aliphatic hydroxyl groups excluding tert-OH is 1. The third-order valence-corrected chi connectivity index (χ3v) is 6.64. The van der Waals surface area contributed by atoms with Gasteiger partial charge in [0.2, 0.25) is 0 Å². The maximum absolute atomic E-state index is 13.6. The molecule has 2 saturated carbocycles. The van der Waals surface area contributed by atoms with Gasteiger partial charge in [-0.25, -0.2) is 23.4 Å². The van der Waals surface area contributed by atoms with Gasteiger partial charge in [-0.2, -0.15) is 0 Å². The fourth-order valence-electron chi connectivity index (χ4n) is 5.07. The van der Waals surface area contributed by atoms with E-state index in [0.717, 1.165) is 18.1 Å². The summed E-state index contributed by atoms with van der Waals surface area (Å²) in [5, 5.41) is 22.5. The fourth-order valence-corrected chi connectivity index (χ4v) is 5.07. The number of ether oxygens (including phenoxy) is 2. The van der Waals surface area contributed by atoms with Gasteiger partial charge in [-0.3, -0.25) is 0 Å². The van der Waals surface area contributed by atoms with Crippen molar-refractivity contribution in [2.75, 3.05) is 5.32 Å². The molecule has 1 saturated heterocycles. The molecule has 0 radical (unpaired) electrons. The van der Waals surface area contributed by atoms with Crippen molar-refractivity contribution in [3.05, 3.63) is 41.2 Å². The number of aromatic nitrogens is 5. The first-order chi connectivity index (χ1) is 15.7. The lowest BCUT2D eigenvalue weighted by atomic mass is 10.1. The molecule has 174 valence electrons. The normalized spacial score (nSPS) is 32.3. The molecule has 1 aromatic carbocycles. The fraction of sp³-hybridized carbons (Fsp3) is 0.545. The molecule has 1 aliphatic heterocycles. The molecule has 3 fully saturated rings. The Hall–Kier alpha value is -2.76. The minimum atomic E-state index is -0.854. The quantitative estimate of drug-likeness (QED) is 0.615. The van der Waals surface area contributed by atoms with E-state index in [-0.39, 0.29) is 24.1 Å². The Morgan fingerprint density at radius 1 is 1.12 bits per heavy atom. The number of rotatable bonds is 4. The summed E-state index contributed by atoms with van der Waals surface area (Å²) in [6, 6.07) is 3.73. The summed E-state index contributed by atoms with van der Waals surface area (Å²) in [6.45, 7) is 5.43. The van der Waals surface area contributed by atoms with E-state index in [1.54, 1.807) is 17.7 Å². The number of fused-ring (bicyclic) bond motifs is 2. The van der Waals surface area contributed by atoms with E-state index in [9.17, 15) is 13.9 Å². The van der Waals surface area contributed by atoms with Gasteiger partial charge in [0.25, 0.3) is 0 Å². The Bertz CT molecular complexity index is 1250. The van der Waals surface area contributed by atoms with Gasteiger partial charge in [0.15, 0.2) is 34.4 Å². The molecule has 9 nitrogen and oxygen atoms in total. The summed E-state index contributed by atoms with van der Waals surface area (Å²) >= 11 is 0. The summed E-state index contributed by atoms with van der Waals surface area (Å²) in [5.74, 6) is -1.36. The van der Waals surface area contributed by atoms with Crippen molar-refractivity contribution < 1.29 is 23.4 Å². The van der Waals surface area contributed by atoms with Crippen LogP contribution >= 0.6 is 0 Å². The van der Waals surface area contributed by atoms with Crippen molar-refractivity contribution in [2.24, 2.45) is 0 Å². The summed E-state index contributed by atoms with van der Waals surface area (Å²) in [7, 11) is 0. The minimum absolute atomic E-state index is 0.0163. The largest absolute Gasteiger partial charge is 0.390 e. The van der Waals surface area contributed by atoms with Crippen LogP contribution < -0.4 is 5.32 Å². The van der Waals surface area contributed by atoms with E-state index >= 15 is 0 Å². The Kier molecular flexibility index (Phi) is 4.49. The summed E-state index contributed by atoms with van der Waals surface area (Å²) in [6.07, 6.45) is -0.301. The molecular weight excluding hydrogens is 434 g/mol. The van der Waals surface area contributed by atoms with Crippen molar-refractivity contribution >= 4 is 17.0 Å². The zero-order valence-electron chi connectivity index (χ0n) is 18.4. The van der Waals surface area contributed by atoms with Crippen molar-refractivity contribution in [3.63, 3.8) is 0 Å². The zero-order valence-corrected chi connectivity index (χ0v) is 18.4. The molecule has 2 N–H and O–H groups in total. The predicted molar refractivity (Wildman–Crippen MR) is 112 cm³/mol. The molecule has 0 spiro atoms. The number of anilines is 1. The smallest absolute Gasteiger partial charge is 0.184 e. The maximum atomic E-state index is 13.6. The van der Waals surface area contributed by atoms with Crippen molar-refractivity contribution in [3.8, 4) is 0 Å². The summed E-state index contributed by atoms with van der Waals surface area (Å²) < 4.78 is 40.5. The third kappa shape index (κ3) is 3.46. The molecule has 33 heavy (non-hydrogen) atoms. The second-order valence-electron chi connectivity index (χ2n) is 9.53. The van der Waals surface area contributed by atoms with E-state index in [2.05, 4.69) is 25.6 Å². The monoisotopic (exact) mass is 458 g/mol. The van der Waals surface area contributed by atoms with Crippen LogP contribution in [0.2, 0.25) is 0 Å². The molecule has 0 unspecified atom stereocenters. The van der Waals surface area contributed by atoms with Gasteiger partial charge in [-0.15, -0.1) is 5.10 Å². The summed E-state index contributed by atoms with van der Waals surface area (Å²) in [4.78, 5) is 9.07. The lowest BCUT2D eigenvalue weighted by Crippen LogP contribution is -2.29. The second-order valence-corrected chi connectivity index (χ2v) is 9.53. The number of nitrogens with one attached hydrogen (secondary N) is 1. The van der Waals surface area contributed by atoms with Crippen LogP contribution in [-0.2, 0) is 9.47 Å². The first-order valence-electron chi connectivity index (χ1n) is 11.0. The SMILES string of the molecule is Cc1nc(N[C@@H]2C[C@H]2c2ccc(F)c(F)c2)c2nnn([C@@H]3C[C@H](O)[C@H]4OC(C)(C)O[C@H]43)c2n1. The predicted octanol–water partition coefficient (Wildman–Crippen LogP) is 2.60. The number of aliphatic hydroxyl groups is 1. The van der Waals surface area contributed by atoms with Crippen molar-refractivity contribution in [2.45, 2.75) is 75.7 Å². The van der Waals surface area contributed by atoms with Gasteiger partial charge < -0.3 is 19.9 Å². The van der Waals surface area contributed by atoms with Gasteiger partial charge in [0, 0.05) is 18.4 Å². The molecule has 6 rings (SSSR count). The highest BCUT2D eigenvalue weighted by atomic mass is 19.2. The van der Waals surface area contributed by atoms with E-state index in [1.807, 2.05) is 13.8 Å². The van der Waals surface area contributed by atoms with Crippen molar-refractivity contribution in [1.82, 2.24) is 25.0 Å². The van der Waals surface area contributed by atoms with Gasteiger partial charge in [0.1, 0.15) is 18.0 Å². The number of hydrogen-bond donors (Lipinski definition) is 2. The molecule has 0 amide bonds. The van der Waals surface area contributed by atoms with Crippen LogP contribution in [0.25, 0.3) is 11.2 Å². The first-order valence-corrected chi connectivity index (χ1v) is 11.0. The average Bonchev–Trinajstić information content (AvgIpc) is 3.10. The highest BCUT2D eigenvalue weighted by Gasteiger charge is 2.55. The van der Waals surface area contributed by atoms with Crippen LogP contribution in [0.5, 0.6) is 0 Å². The van der Waals surface area contributed by atoms with Gasteiger partial charge in [-0.05, 0) is 44.9 Å². The lowest BCUT2D eigenvalue weighted by Gasteiger charge is -2.22. The Labute approximate surface area is 188 Å². The van der Waals surface area contributed by atoms with Gasteiger partial charge >= 0.3 is 0 Å². The van der Waals surface area contributed by atoms with Crippen LogP contribution in [0.1, 0.15) is 50.0 Å². The maximum Gasteiger partial charge on any atom is 0.184 e. The standard InChI is InChI=1S/C22H24F2N6O3/c1-9-25-20(27-14-7-11(14)10-4-5-12(23)13(24)6-10)17-21(26-9)30(29-28-17)15-8-16(31)19-18(15)32-22(2,3)33-19/h4-6,11,14-16,18-19,31H,7-8H2,1-3H3,(H,25,26,27)/t11-,14+,15+,16-,18-,19+/m0/s1. The van der Waals surface area contributed by atoms with E-state index in [0.29, 0.717) is 29.2 Å². The number of halogens is 2. The van der Waals surface area contributed by atoms with Crippen LogP contribution in [0, 0.1) is 18.6 Å². The first kappa shape index (κ1) is 20.8. The highest BCUT2D eigenvalue weighted by Crippen LogP contribution is 2.45. The molecule has 11 heteroatoms. The molecule has 0 bridgehead atoms. The molecule has 6 atom stereocenters. The number of aryl methyl sites for hydroxylation is 1. The molecular formula is C22H24F2N6O3. The summed E-state index contributed by atoms with van der Waals surface area (Å²) in [5.41, 5.74) is 1.79. The van der Waals surface area contributed by atoms with Gasteiger partial charge in [0.05, 0.1) is 12.1 Å². The van der Waals surface area contributed by atoms with Crippen LogP contribution in [0.4, 0.5) is 14.6 Å². The Balaban J connectivity index is 1.28. The third-order valence-electron chi connectivity index (χ3n) is 6.64. The topological polar surface area (TPSA) is 107 Å². The Morgan fingerprint density at radius 2 is 1.91 bits per heavy atom. The highest BCUT2D eigenvalue weighted by molar-refractivity contribution is 5.82. The molecule has 3 heterocycles. The molecule has 3 aliphatic rings. The average molecular weight is 458 g/mol. The van der Waals surface area contributed by atoms with E-state index in [4.69, 9.17) is 9.47 Å². The van der Waals surface area contributed by atoms with Crippen LogP contribution in [-0.4, -0.2) is 60.2 Å². The number of hydrogen-bond acceptors (Lipinski definition) is 8. The van der Waals surface area contributed by atoms with Crippen LogP contribution in [0.3, 0.4) is 0 Å². The second kappa shape index (κ2) is 7.12. The van der Waals surface area contributed by atoms with E-state index < -0.39 is 29.6 Å². The molecule has 2 aliphatic carbocycles. The van der Waals surface area contributed by atoms with Crippen LogP contribution in [0.15, 0.2) is 18.2 Å². The van der Waals surface area contributed by atoms with E-state index in [1.165, 1.54) is 6.07 Å². The minimum Gasteiger partial charge on any atom is -0.390 e. The Morgan fingerprint density at radius 3 is 2.70 bits per heavy atom. The van der Waals surface area contributed by atoms with Crippen molar-refractivity contribution in [1.29, 1.82) is 0 Å². The lowest BCUT2D eigenvalue weighted by molar-refractivity contribution is -0.165.